The summed E-state index contributed by atoms with van der Waals surface area (Å²) in [5.41, 5.74) is 12.7. The second kappa shape index (κ2) is 17.9. The molecule has 0 atom stereocenters. The molecule has 5 aromatic heterocycles. The molecule has 8 aromatic rings. The van der Waals surface area contributed by atoms with Gasteiger partial charge in [-0.25, -0.2) is 4.39 Å². The smallest absolute Gasteiger partial charge is 0.132 e. The Labute approximate surface area is 358 Å². The lowest BCUT2D eigenvalue weighted by molar-refractivity contribution is 0.575. The van der Waals surface area contributed by atoms with Gasteiger partial charge in [0.25, 0.3) is 0 Å². The van der Waals surface area contributed by atoms with Crippen LogP contribution >= 0.6 is 0 Å². The minimum absolute atomic E-state index is 0.00344. The molecule has 0 aliphatic heterocycles. The van der Waals surface area contributed by atoms with Crippen LogP contribution in [0, 0.1) is 26.6 Å². The average Bonchev–Trinajstić information content (AvgIpc) is 3.16. The fraction of sp³-hybridized carbons (Fsp3) is 0.352. The highest BCUT2D eigenvalue weighted by atomic mass is 19.1. The van der Waals surface area contributed by atoms with Crippen molar-refractivity contribution in [3.8, 4) is 0 Å². The maximum Gasteiger partial charge on any atom is 0.132 e. The van der Waals surface area contributed by atoms with E-state index in [1.54, 1.807) is 6.07 Å². The number of pyridine rings is 5. The zero-order valence-electron chi connectivity index (χ0n) is 38.6. The van der Waals surface area contributed by atoms with E-state index in [0.29, 0.717) is 10.9 Å². The predicted octanol–water partition coefficient (Wildman–Crippen LogP) is 14.6. The Hall–Kier alpha value is -5.62. The van der Waals surface area contributed by atoms with Crippen molar-refractivity contribution < 1.29 is 4.39 Å². The minimum Gasteiger partial charge on any atom is -0.260 e. The van der Waals surface area contributed by atoms with E-state index in [-0.39, 0.29) is 27.5 Å². The second-order valence-electron chi connectivity index (χ2n) is 20.0. The fourth-order valence-electron chi connectivity index (χ4n) is 6.91. The zero-order valence-corrected chi connectivity index (χ0v) is 38.6. The number of nitrogens with zero attached hydrogens (tertiary/aromatic N) is 5. The Morgan fingerprint density at radius 3 is 1.77 bits per heavy atom. The molecule has 0 aliphatic rings. The van der Waals surface area contributed by atoms with Crippen molar-refractivity contribution in [1.82, 2.24) is 24.9 Å². The Morgan fingerprint density at radius 2 is 1.10 bits per heavy atom. The van der Waals surface area contributed by atoms with E-state index in [2.05, 4.69) is 176 Å². The lowest BCUT2D eigenvalue weighted by atomic mass is 9.84. The van der Waals surface area contributed by atoms with Gasteiger partial charge in [-0.1, -0.05) is 113 Å². The third-order valence-electron chi connectivity index (χ3n) is 10.4. The highest BCUT2D eigenvalue weighted by Crippen LogP contribution is 2.31. The van der Waals surface area contributed by atoms with Crippen molar-refractivity contribution in [1.29, 1.82) is 0 Å². The molecular weight excluding hydrogens is 738 g/mol. The maximum absolute atomic E-state index is 13.5. The molecule has 0 N–H and O–H groups in total. The highest BCUT2D eigenvalue weighted by Gasteiger charge is 2.20. The average molecular weight is 802 g/mol. The van der Waals surface area contributed by atoms with Gasteiger partial charge in [-0.2, -0.15) is 0 Å². The van der Waals surface area contributed by atoms with Crippen LogP contribution in [0.2, 0.25) is 0 Å². The first-order chi connectivity index (χ1) is 27.9. The minimum atomic E-state index is -0.203. The molecule has 0 saturated heterocycles. The van der Waals surface area contributed by atoms with Crippen LogP contribution in [0.25, 0.3) is 43.6 Å². The van der Waals surface area contributed by atoms with Crippen molar-refractivity contribution in [3.63, 3.8) is 0 Å². The maximum atomic E-state index is 13.5. The lowest BCUT2D eigenvalue weighted by Crippen LogP contribution is -2.14. The van der Waals surface area contributed by atoms with E-state index >= 15 is 0 Å². The number of aromatic nitrogens is 5. The number of hydrogen-bond acceptors (Lipinski definition) is 5. The molecule has 312 valence electrons. The van der Waals surface area contributed by atoms with Gasteiger partial charge in [-0.3, -0.25) is 24.9 Å². The summed E-state index contributed by atoms with van der Waals surface area (Å²) < 4.78 is 13.5. The molecule has 5 nitrogen and oxygen atoms in total. The van der Waals surface area contributed by atoms with Crippen LogP contribution in [0.1, 0.15) is 122 Å². The van der Waals surface area contributed by atoms with Crippen LogP contribution in [0.15, 0.2) is 116 Å². The number of rotatable bonds is 0. The number of fused-ring (bicyclic) bond motifs is 4. The predicted molar refractivity (Wildman–Crippen MR) is 254 cm³/mol. The lowest BCUT2D eigenvalue weighted by Gasteiger charge is -2.22. The van der Waals surface area contributed by atoms with Crippen LogP contribution in [-0.4, -0.2) is 24.9 Å². The quantitative estimate of drug-likeness (QED) is 0.153. The SMILES string of the molecule is CC(C)(C)c1ccc2ncccc2c1.CC(C)(C)c1cnc2cccc(F)c2c1.Cc1ccc2c(C(C)(C)C)nccc2n1.Cc1ccc2nc(C)cc(C(C)(C)C)c2c1. The van der Waals surface area contributed by atoms with Gasteiger partial charge in [0.2, 0.25) is 0 Å². The van der Waals surface area contributed by atoms with Crippen molar-refractivity contribution in [2.24, 2.45) is 0 Å². The third kappa shape index (κ3) is 11.6. The van der Waals surface area contributed by atoms with Crippen molar-refractivity contribution >= 4 is 43.6 Å². The van der Waals surface area contributed by atoms with Gasteiger partial charge in [0, 0.05) is 56.9 Å². The summed E-state index contributed by atoms with van der Waals surface area (Å²) >= 11 is 0. The molecule has 0 spiro atoms. The van der Waals surface area contributed by atoms with Crippen LogP contribution < -0.4 is 0 Å². The van der Waals surface area contributed by atoms with Gasteiger partial charge >= 0.3 is 0 Å². The molecule has 0 fully saturated rings. The largest absolute Gasteiger partial charge is 0.260 e. The van der Waals surface area contributed by atoms with E-state index in [9.17, 15) is 4.39 Å². The topological polar surface area (TPSA) is 64.5 Å². The molecule has 0 amide bonds. The summed E-state index contributed by atoms with van der Waals surface area (Å²) in [5.74, 6) is -0.203. The standard InChI is InChI=1S/C15H19N.C13H14FN.C13H16N2.C13H15N/c1-10-6-7-14-12(8-10)13(15(3,4)5)9-11(2)16-14;1-13(2,3)9-7-10-11(14)5-4-6-12(10)15-8-9;1-9-5-6-10-11(15-9)7-8-14-12(10)13(2,3)4;1-13(2,3)11-6-7-12-10(9-11)5-4-8-14-12/h6-9H,1-5H3;4-8H,1-3H3;5-8H,1-4H3;4-9H,1-3H3. The van der Waals surface area contributed by atoms with Gasteiger partial charge < -0.3 is 0 Å². The summed E-state index contributed by atoms with van der Waals surface area (Å²) in [6.07, 6.45) is 5.50. The van der Waals surface area contributed by atoms with Crippen LogP contribution in [-0.2, 0) is 21.7 Å². The molecule has 60 heavy (non-hydrogen) atoms. The van der Waals surface area contributed by atoms with E-state index in [4.69, 9.17) is 0 Å². The fourth-order valence-corrected chi connectivity index (χ4v) is 6.91. The first kappa shape index (κ1) is 45.5. The van der Waals surface area contributed by atoms with E-state index in [1.807, 2.05) is 55.8 Å². The number of halogens is 1. The van der Waals surface area contributed by atoms with Crippen molar-refractivity contribution in [2.45, 2.75) is 126 Å². The second-order valence-corrected chi connectivity index (χ2v) is 20.0. The van der Waals surface area contributed by atoms with Crippen molar-refractivity contribution in [2.75, 3.05) is 0 Å². The van der Waals surface area contributed by atoms with Gasteiger partial charge in [-0.05, 0) is 127 Å². The van der Waals surface area contributed by atoms with Gasteiger partial charge in [0.05, 0.1) is 27.8 Å². The van der Waals surface area contributed by atoms with E-state index in [0.717, 1.165) is 44.6 Å². The Bertz CT molecular complexity index is 2740. The molecule has 6 heteroatoms. The van der Waals surface area contributed by atoms with Gasteiger partial charge in [0.15, 0.2) is 0 Å². The Kier molecular flexibility index (Phi) is 13.6. The molecule has 5 heterocycles. The number of hydrogen-bond donors (Lipinski definition) is 0. The van der Waals surface area contributed by atoms with Gasteiger partial charge in [-0.15, -0.1) is 0 Å². The Morgan fingerprint density at radius 1 is 0.433 bits per heavy atom. The molecular formula is C54H64FN5. The molecule has 3 aromatic carbocycles. The highest BCUT2D eigenvalue weighted by molar-refractivity contribution is 5.84. The molecule has 0 bridgehead atoms. The molecule has 0 aliphatic carbocycles. The van der Waals surface area contributed by atoms with Crippen LogP contribution in [0.5, 0.6) is 0 Å². The summed E-state index contributed by atoms with van der Waals surface area (Å²) in [4.78, 5) is 22.1. The van der Waals surface area contributed by atoms with E-state index < -0.39 is 0 Å². The number of benzene rings is 3. The zero-order chi connectivity index (χ0) is 44.2. The normalized spacial score (nSPS) is 12.0. The van der Waals surface area contributed by atoms with E-state index in [1.165, 1.54) is 33.5 Å². The molecule has 0 unspecified atom stereocenters. The monoisotopic (exact) mass is 802 g/mol. The third-order valence-corrected chi connectivity index (χ3v) is 10.4. The Balaban J connectivity index is 0.000000152. The van der Waals surface area contributed by atoms with Crippen LogP contribution in [0.3, 0.4) is 0 Å². The summed E-state index contributed by atoms with van der Waals surface area (Å²) in [5, 5.41) is 4.28. The van der Waals surface area contributed by atoms with Crippen molar-refractivity contribution in [3.05, 3.63) is 161 Å². The first-order valence-electron chi connectivity index (χ1n) is 20.9. The summed E-state index contributed by atoms with van der Waals surface area (Å²) in [6, 6.07) is 32.3. The molecule has 0 radical (unpaired) electrons. The summed E-state index contributed by atoms with van der Waals surface area (Å²) in [6.45, 7) is 32.5. The first-order valence-corrected chi connectivity index (χ1v) is 20.9. The number of aryl methyl sites for hydroxylation is 3. The summed E-state index contributed by atoms with van der Waals surface area (Å²) in [7, 11) is 0. The van der Waals surface area contributed by atoms with Gasteiger partial charge in [0.1, 0.15) is 5.82 Å². The van der Waals surface area contributed by atoms with Crippen LogP contribution in [0.4, 0.5) is 4.39 Å². The molecule has 8 rings (SSSR count). The molecule has 0 saturated carbocycles.